The van der Waals surface area contributed by atoms with Crippen molar-refractivity contribution in [2.75, 3.05) is 6.61 Å². The summed E-state index contributed by atoms with van der Waals surface area (Å²) in [5.74, 6) is 1.31. The van der Waals surface area contributed by atoms with Crippen molar-refractivity contribution in [3.63, 3.8) is 0 Å². The Morgan fingerprint density at radius 2 is 1.85 bits per heavy atom. The van der Waals surface area contributed by atoms with Gasteiger partial charge in [-0.2, -0.15) is 0 Å². The van der Waals surface area contributed by atoms with E-state index in [9.17, 15) is 0 Å². The van der Waals surface area contributed by atoms with Gasteiger partial charge in [-0.25, -0.2) is 0 Å². The molecule has 0 aromatic heterocycles. The number of ether oxygens (including phenoxy) is 2. The van der Waals surface area contributed by atoms with Crippen LogP contribution in [0.1, 0.15) is 18.1 Å². The number of oxime groups is 1. The van der Waals surface area contributed by atoms with E-state index >= 15 is 0 Å². The first-order valence-corrected chi connectivity index (χ1v) is 6.44. The number of hydrogen-bond donors (Lipinski definition) is 1. The maximum atomic E-state index is 8.56. The Kier molecular flexibility index (Phi) is 5.00. The van der Waals surface area contributed by atoms with Gasteiger partial charge in [0, 0.05) is 5.56 Å². The Hall–Kier alpha value is -2.49. The second kappa shape index (κ2) is 7.19. The molecule has 0 heterocycles. The van der Waals surface area contributed by atoms with E-state index in [2.05, 4.69) is 5.16 Å². The first-order valence-electron chi connectivity index (χ1n) is 6.44. The van der Waals surface area contributed by atoms with Crippen molar-refractivity contribution in [2.24, 2.45) is 5.16 Å². The number of nitrogens with zero attached hydrogens (tertiary/aromatic N) is 1. The Balaban J connectivity index is 2.13. The van der Waals surface area contributed by atoms with Crippen LogP contribution in [0.2, 0.25) is 0 Å². The molecule has 0 amide bonds. The zero-order chi connectivity index (χ0) is 14.2. The molecule has 1 N–H and O–H groups in total. The second-order valence-corrected chi connectivity index (χ2v) is 4.16. The molecule has 0 saturated heterocycles. The summed E-state index contributed by atoms with van der Waals surface area (Å²) in [6.07, 6.45) is 1.35. The molecule has 0 aliphatic carbocycles. The SMILES string of the molecule is CCOc1cc(C=NO)ccc1OCc1ccccc1. The zero-order valence-corrected chi connectivity index (χ0v) is 11.3. The van der Waals surface area contributed by atoms with E-state index in [4.69, 9.17) is 14.7 Å². The molecule has 2 rings (SSSR count). The van der Waals surface area contributed by atoms with Gasteiger partial charge >= 0.3 is 0 Å². The van der Waals surface area contributed by atoms with Gasteiger partial charge in [-0.3, -0.25) is 0 Å². The summed E-state index contributed by atoms with van der Waals surface area (Å²) in [5.41, 5.74) is 1.85. The highest BCUT2D eigenvalue weighted by Crippen LogP contribution is 2.28. The van der Waals surface area contributed by atoms with Crippen LogP contribution in [0.15, 0.2) is 53.7 Å². The molecule has 4 nitrogen and oxygen atoms in total. The van der Waals surface area contributed by atoms with Crippen molar-refractivity contribution in [1.29, 1.82) is 0 Å². The van der Waals surface area contributed by atoms with Crippen LogP contribution in [0.25, 0.3) is 0 Å². The van der Waals surface area contributed by atoms with Crippen LogP contribution in [0, 0.1) is 0 Å². The maximum Gasteiger partial charge on any atom is 0.161 e. The summed E-state index contributed by atoms with van der Waals surface area (Å²) in [5, 5.41) is 11.6. The average molecular weight is 271 g/mol. The molecule has 2 aromatic rings. The molecule has 20 heavy (non-hydrogen) atoms. The van der Waals surface area contributed by atoms with E-state index in [1.54, 1.807) is 6.07 Å². The molecule has 104 valence electrons. The van der Waals surface area contributed by atoms with Gasteiger partial charge in [0.2, 0.25) is 0 Å². The second-order valence-electron chi connectivity index (χ2n) is 4.16. The molecular weight excluding hydrogens is 254 g/mol. The Bertz CT molecular complexity index is 567. The van der Waals surface area contributed by atoms with Crippen molar-refractivity contribution in [1.82, 2.24) is 0 Å². The molecule has 4 heteroatoms. The number of benzene rings is 2. The van der Waals surface area contributed by atoms with Gasteiger partial charge in [-0.05, 0) is 30.7 Å². The normalized spacial score (nSPS) is 10.7. The lowest BCUT2D eigenvalue weighted by Gasteiger charge is -2.12. The van der Waals surface area contributed by atoms with E-state index in [0.29, 0.717) is 24.7 Å². The van der Waals surface area contributed by atoms with Crippen LogP contribution in [-0.2, 0) is 6.61 Å². The molecule has 0 unspecified atom stereocenters. The van der Waals surface area contributed by atoms with Gasteiger partial charge in [0.25, 0.3) is 0 Å². The summed E-state index contributed by atoms with van der Waals surface area (Å²) in [4.78, 5) is 0. The van der Waals surface area contributed by atoms with Gasteiger partial charge in [-0.15, -0.1) is 0 Å². The lowest BCUT2D eigenvalue weighted by atomic mass is 10.2. The lowest BCUT2D eigenvalue weighted by Crippen LogP contribution is -2.00. The van der Waals surface area contributed by atoms with Crippen molar-refractivity contribution in [3.8, 4) is 11.5 Å². The predicted octanol–water partition coefficient (Wildman–Crippen LogP) is 3.47. The van der Waals surface area contributed by atoms with Gasteiger partial charge in [0.05, 0.1) is 12.8 Å². The van der Waals surface area contributed by atoms with E-state index in [1.807, 2.05) is 49.4 Å². The monoisotopic (exact) mass is 271 g/mol. The summed E-state index contributed by atoms with van der Waals surface area (Å²) in [6, 6.07) is 15.3. The van der Waals surface area contributed by atoms with Crippen LogP contribution in [-0.4, -0.2) is 18.0 Å². The summed E-state index contributed by atoms with van der Waals surface area (Å²) >= 11 is 0. The molecule has 0 bridgehead atoms. The third kappa shape index (κ3) is 3.75. The molecule has 0 fully saturated rings. The highest BCUT2D eigenvalue weighted by molar-refractivity contribution is 5.80. The van der Waals surface area contributed by atoms with Gasteiger partial charge < -0.3 is 14.7 Å². The van der Waals surface area contributed by atoms with Crippen LogP contribution in [0.5, 0.6) is 11.5 Å². The molecule has 2 aromatic carbocycles. The standard InChI is InChI=1S/C16H17NO3/c1-2-19-16-10-14(11-17-18)8-9-15(16)20-12-13-6-4-3-5-7-13/h3-11,18H,2,12H2,1H3. The maximum absolute atomic E-state index is 8.56. The van der Waals surface area contributed by atoms with Crippen molar-refractivity contribution >= 4 is 6.21 Å². The lowest BCUT2D eigenvalue weighted by molar-refractivity contribution is 0.269. The van der Waals surface area contributed by atoms with Crippen LogP contribution in [0.3, 0.4) is 0 Å². The van der Waals surface area contributed by atoms with Gasteiger partial charge in [-0.1, -0.05) is 35.5 Å². The molecule has 0 aliphatic rings. The molecule has 0 atom stereocenters. The topological polar surface area (TPSA) is 51.0 Å². The zero-order valence-electron chi connectivity index (χ0n) is 11.3. The smallest absolute Gasteiger partial charge is 0.161 e. The molecular formula is C16H17NO3. The van der Waals surface area contributed by atoms with Crippen LogP contribution >= 0.6 is 0 Å². The summed E-state index contributed by atoms with van der Waals surface area (Å²) in [7, 11) is 0. The fourth-order valence-corrected chi connectivity index (χ4v) is 1.79. The Labute approximate surface area is 118 Å². The molecule has 0 radical (unpaired) electrons. The van der Waals surface area contributed by atoms with Crippen molar-refractivity contribution in [2.45, 2.75) is 13.5 Å². The highest BCUT2D eigenvalue weighted by Gasteiger charge is 2.06. The van der Waals surface area contributed by atoms with E-state index in [-0.39, 0.29) is 0 Å². The molecule has 0 saturated carbocycles. The highest BCUT2D eigenvalue weighted by atomic mass is 16.5. The van der Waals surface area contributed by atoms with E-state index in [1.165, 1.54) is 6.21 Å². The minimum absolute atomic E-state index is 0.481. The van der Waals surface area contributed by atoms with Crippen LogP contribution < -0.4 is 9.47 Å². The summed E-state index contributed by atoms with van der Waals surface area (Å²) in [6.45, 7) is 2.93. The minimum Gasteiger partial charge on any atom is -0.490 e. The third-order valence-corrected chi connectivity index (χ3v) is 2.71. The number of hydrogen-bond acceptors (Lipinski definition) is 4. The first-order chi connectivity index (χ1) is 9.83. The first kappa shape index (κ1) is 13.9. The molecule has 0 spiro atoms. The van der Waals surface area contributed by atoms with E-state index in [0.717, 1.165) is 11.1 Å². The van der Waals surface area contributed by atoms with Crippen LogP contribution in [0.4, 0.5) is 0 Å². The minimum atomic E-state index is 0.481. The largest absolute Gasteiger partial charge is 0.490 e. The van der Waals surface area contributed by atoms with Crippen molar-refractivity contribution < 1.29 is 14.7 Å². The Morgan fingerprint density at radius 1 is 1.05 bits per heavy atom. The number of rotatable bonds is 6. The average Bonchev–Trinajstić information content (AvgIpc) is 2.48. The fourth-order valence-electron chi connectivity index (χ4n) is 1.79. The quantitative estimate of drug-likeness (QED) is 0.497. The van der Waals surface area contributed by atoms with Gasteiger partial charge in [0.1, 0.15) is 6.61 Å². The third-order valence-electron chi connectivity index (χ3n) is 2.71. The summed E-state index contributed by atoms with van der Waals surface area (Å²) < 4.78 is 11.3. The fraction of sp³-hybridized carbons (Fsp3) is 0.188. The van der Waals surface area contributed by atoms with Crippen molar-refractivity contribution in [3.05, 3.63) is 59.7 Å². The predicted molar refractivity (Wildman–Crippen MR) is 77.8 cm³/mol. The van der Waals surface area contributed by atoms with Gasteiger partial charge in [0.15, 0.2) is 11.5 Å². The Morgan fingerprint density at radius 3 is 2.55 bits per heavy atom. The van der Waals surface area contributed by atoms with E-state index < -0.39 is 0 Å². The molecule has 0 aliphatic heterocycles.